The first kappa shape index (κ1) is 6.29. The van der Waals surface area contributed by atoms with Crippen LogP contribution in [0.2, 0.25) is 0 Å². The van der Waals surface area contributed by atoms with Crippen molar-refractivity contribution in [3.63, 3.8) is 0 Å². The van der Waals surface area contributed by atoms with Gasteiger partial charge in [-0.2, -0.15) is 0 Å². The van der Waals surface area contributed by atoms with Crippen LogP contribution in [0.15, 0.2) is 10.7 Å². The Labute approximate surface area is 53.9 Å². The van der Waals surface area contributed by atoms with Crippen LogP contribution in [0.25, 0.3) is 0 Å². The highest BCUT2D eigenvalue weighted by Crippen LogP contribution is 1.99. The molecule has 0 aromatic carbocycles. The molecule has 1 aromatic rings. The maximum absolute atomic E-state index is 5.29. The predicted octanol–water partition coefficient (Wildman–Crippen LogP) is 0.484. The molecule has 1 rings (SSSR count). The molecule has 50 valence electrons. The lowest BCUT2D eigenvalue weighted by atomic mass is 10.3. The van der Waals surface area contributed by atoms with Crippen molar-refractivity contribution in [3.8, 4) is 0 Å². The topological polar surface area (TPSA) is 52.0 Å². The second-order valence-electron chi connectivity index (χ2n) is 1.90. The summed E-state index contributed by atoms with van der Waals surface area (Å²) in [4.78, 5) is 4.05. The van der Waals surface area contributed by atoms with Gasteiger partial charge in [-0.1, -0.05) is 0 Å². The first-order valence-electron chi connectivity index (χ1n) is 2.94. The third-order valence-electron chi connectivity index (χ3n) is 1.07. The fraction of sp³-hybridized carbons (Fsp3) is 0.500. The first-order valence-corrected chi connectivity index (χ1v) is 2.94. The molecule has 3 nitrogen and oxygen atoms in total. The average molecular weight is 126 g/mol. The molecule has 2 N–H and O–H groups in total. The molecule has 0 aliphatic carbocycles. The minimum Gasteiger partial charge on any atom is -0.449 e. The van der Waals surface area contributed by atoms with E-state index in [0.717, 1.165) is 12.1 Å². The summed E-state index contributed by atoms with van der Waals surface area (Å²) in [6.07, 6.45) is 2.44. The zero-order chi connectivity index (χ0) is 6.69. The third-order valence-corrected chi connectivity index (χ3v) is 1.07. The van der Waals surface area contributed by atoms with Gasteiger partial charge in [-0.25, -0.2) is 4.98 Å². The fourth-order valence-electron chi connectivity index (χ4n) is 0.671. The Bertz CT molecular complexity index is 183. The first-order chi connectivity index (χ1) is 4.33. The van der Waals surface area contributed by atoms with Gasteiger partial charge in [-0.05, 0) is 6.54 Å². The largest absolute Gasteiger partial charge is 0.449 e. The van der Waals surface area contributed by atoms with E-state index in [1.807, 2.05) is 6.92 Å². The van der Waals surface area contributed by atoms with Gasteiger partial charge in [0, 0.05) is 13.3 Å². The van der Waals surface area contributed by atoms with E-state index in [2.05, 4.69) is 4.98 Å². The van der Waals surface area contributed by atoms with Crippen molar-refractivity contribution in [1.29, 1.82) is 0 Å². The molecule has 0 unspecified atom stereocenters. The summed E-state index contributed by atoms with van der Waals surface area (Å²) in [6.45, 7) is 2.45. The van der Waals surface area contributed by atoms with Gasteiger partial charge in [-0.3, -0.25) is 0 Å². The van der Waals surface area contributed by atoms with Crippen molar-refractivity contribution >= 4 is 0 Å². The molecule has 0 amide bonds. The molecule has 0 atom stereocenters. The normalized spacial score (nSPS) is 10.0. The summed E-state index contributed by atoms with van der Waals surface area (Å²) < 4.78 is 4.95. The van der Waals surface area contributed by atoms with E-state index in [1.54, 1.807) is 6.26 Å². The summed E-state index contributed by atoms with van der Waals surface area (Å²) in [6, 6.07) is 0. The Morgan fingerprint density at radius 1 is 1.78 bits per heavy atom. The zero-order valence-corrected chi connectivity index (χ0v) is 5.42. The standard InChI is InChI=1S/C6H10N2O/c1-5-8-6(2-3-7)4-9-5/h4H,2-3,7H2,1H3. The van der Waals surface area contributed by atoms with Gasteiger partial charge in [0.2, 0.25) is 0 Å². The Morgan fingerprint density at radius 2 is 2.56 bits per heavy atom. The molecular weight excluding hydrogens is 116 g/mol. The molecular formula is C6H10N2O. The summed E-state index contributed by atoms with van der Waals surface area (Å²) in [7, 11) is 0. The summed E-state index contributed by atoms with van der Waals surface area (Å²) in [5.74, 6) is 0.707. The van der Waals surface area contributed by atoms with Gasteiger partial charge in [0.15, 0.2) is 5.89 Å². The van der Waals surface area contributed by atoms with Gasteiger partial charge in [0.1, 0.15) is 6.26 Å². The predicted molar refractivity (Wildman–Crippen MR) is 34.0 cm³/mol. The van der Waals surface area contributed by atoms with Crippen molar-refractivity contribution in [2.45, 2.75) is 13.3 Å². The third kappa shape index (κ3) is 1.54. The maximum Gasteiger partial charge on any atom is 0.191 e. The number of rotatable bonds is 2. The van der Waals surface area contributed by atoms with E-state index in [4.69, 9.17) is 10.2 Å². The molecule has 1 heterocycles. The molecule has 1 aromatic heterocycles. The molecule has 3 heteroatoms. The summed E-state index contributed by atoms with van der Waals surface area (Å²) >= 11 is 0. The Hall–Kier alpha value is -0.830. The van der Waals surface area contributed by atoms with Gasteiger partial charge >= 0.3 is 0 Å². The molecule has 0 saturated carbocycles. The second-order valence-corrected chi connectivity index (χ2v) is 1.90. The summed E-state index contributed by atoms with van der Waals surface area (Å²) in [5, 5.41) is 0. The van der Waals surface area contributed by atoms with Crippen molar-refractivity contribution in [2.24, 2.45) is 5.73 Å². The number of hydrogen-bond acceptors (Lipinski definition) is 3. The van der Waals surface area contributed by atoms with E-state index in [-0.39, 0.29) is 0 Å². The van der Waals surface area contributed by atoms with E-state index < -0.39 is 0 Å². The van der Waals surface area contributed by atoms with Crippen LogP contribution in [0.5, 0.6) is 0 Å². The maximum atomic E-state index is 5.29. The van der Waals surface area contributed by atoms with E-state index >= 15 is 0 Å². The van der Waals surface area contributed by atoms with Crippen LogP contribution in [0.4, 0.5) is 0 Å². The van der Waals surface area contributed by atoms with Crippen molar-refractivity contribution < 1.29 is 4.42 Å². The lowest BCUT2D eigenvalue weighted by Gasteiger charge is -1.84. The molecule has 0 bridgehead atoms. The van der Waals surface area contributed by atoms with E-state index in [1.165, 1.54) is 0 Å². The molecule has 0 saturated heterocycles. The van der Waals surface area contributed by atoms with Crippen LogP contribution in [-0.2, 0) is 6.42 Å². The van der Waals surface area contributed by atoms with Gasteiger partial charge < -0.3 is 10.2 Å². The number of oxazole rings is 1. The average Bonchev–Trinajstić information content (AvgIpc) is 2.17. The lowest BCUT2D eigenvalue weighted by Crippen LogP contribution is -2.02. The number of nitrogens with two attached hydrogens (primary N) is 1. The van der Waals surface area contributed by atoms with Crippen molar-refractivity contribution in [1.82, 2.24) is 4.98 Å². The molecule has 0 aliphatic rings. The Balaban J connectivity index is 2.61. The monoisotopic (exact) mass is 126 g/mol. The number of aromatic nitrogens is 1. The fourth-order valence-corrected chi connectivity index (χ4v) is 0.671. The van der Waals surface area contributed by atoms with Crippen LogP contribution < -0.4 is 5.73 Å². The zero-order valence-electron chi connectivity index (χ0n) is 5.42. The highest BCUT2D eigenvalue weighted by molar-refractivity contribution is 4.95. The summed E-state index contributed by atoms with van der Waals surface area (Å²) in [5.41, 5.74) is 6.23. The van der Waals surface area contributed by atoms with Crippen LogP contribution in [0.1, 0.15) is 11.6 Å². The van der Waals surface area contributed by atoms with Crippen LogP contribution >= 0.6 is 0 Å². The SMILES string of the molecule is Cc1nc(CCN)co1. The van der Waals surface area contributed by atoms with Crippen LogP contribution in [0, 0.1) is 6.92 Å². The smallest absolute Gasteiger partial charge is 0.191 e. The van der Waals surface area contributed by atoms with E-state index in [9.17, 15) is 0 Å². The molecule has 9 heavy (non-hydrogen) atoms. The highest BCUT2D eigenvalue weighted by atomic mass is 16.3. The number of nitrogens with zero attached hydrogens (tertiary/aromatic N) is 1. The Kier molecular flexibility index (Phi) is 1.85. The second kappa shape index (κ2) is 2.64. The van der Waals surface area contributed by atoms with Crippen LogP contribution in [-0.4, -0.2) is 11.5 Å². The lowest BCUT2D eigenvalue weighted by molar-refractivity contribution is 0.520. The number of hydrogen-bond donors (Lipinski definition) is 1. The molecule has 0 aliphatic heterocycles. The van der Waals surface area contributed by atoms with Gasteiger partial charge in [0.25, 0.3) is 0 Å². The quantitative estimate of drug-likeness (QED) is 0.627. The van der Waals surface area contributed by atoms with Gasteiger partial charge in [-0.15, -0.1) is 0 Å². The molecule has 0 fully saturated rings. The van der Waals surface area contributed by atoms with Crippen molar-refractivity contribution in [2.75, 3.05) is 6.54 Å². The molecule has 0 radical (unpaired) electrons. The van der Waals surface area contributed by atoms with E-state index in [0.29, 0.717) is 12.4 Å². The van der Waals surface area contributed by atoms with Crippen LogP contribution in [0.3, 0.4) is 0 Å². The number of aryl methyl sites for hydroxylation is 1. The molecule has 0 spiro atoms. The van der Waals surface area contributed by atoms with Gasteiger partial charge in [0.05, 0.1) is 5.69 Å². The minimum atomic E-state index is 0.631. The van der Waals surface area contributed by atoms with Crippen molar-refractivity contribution in [3.05, 3.63) is 17.8 Å². The minimum absolute atomic E-state index is 0.631. The highest BCUT2D eigenvalue weighted by Gasteiger charge is 1.95. The Morgan fingerprint density at radius 3 is 3.00 bits per heavy atom.